The van der Waals surface area contributed by atoms with E-state index < -0.39 is 0 Å². The second kappa shape index (κ2) is 10.4. The van der Waals surface area contributed by atoms with Gasteiger partial charge in [0, 0.05) is 7.05 Å². The van der Waals surface area contributed by atoms with Crippen LogP contribution in [0.3, 0.4) is 0 Å². The molecule has 158 valence electrons. The molecule has 0 radical (unpaired) electrons. The number of amides is 1. The van der Waals surface area contributed by atoms with E-state index >= 15 is 0 Å². The van der Waals surface area contributed by atoms with Crippen molar-refractivity contribution in [3.63, 3.8) is 0 Å². The summed E-state index contributed by atoms with van der Waals surface area (Å²) in [6.45, 7) is 4.72. The molecular formula is C21H23ClN4O3S. The Morgan fingerprint density at radius 3 is 2.73 bits per heavy atom. The Morgan fingerprint density at radius 2 is 1.97 bits per heavy atom. The number of para-hydroxylation sites is 1. The number of benzene rings is 2. The highest BCUT2D eigenvalue weighted by atomic mass is 35.5. The topological polar surface area (TPSA) is 78.3 Å². The van der Waals surface area contributed by atoms with Crippen LogP contribution >= 0.6 is 23.4 Å². The predicted octanol–water partition coefficient (Wildman–Crippen LogP) is 4.49. The molecule has 1 heterocycles. The standard InChI is InChI=1S/C21H23ClN4O3S/c1-4-28-18-11-14(2)9-10-17(18)29-12-19-24-25-21(26(19)3)30-13-20(27)23-16-8-6-5-7-15(16)22/h5-11H,4,12-13H2,1-3H3,(H,23,27). The van der Waals surface area contributed by atoms with Crippen molar-refractivity contribution in [2.75, 3.05) is 17.7 Å². The third kappa shape index (κ3) is 5.67. The monoisotopic (exact) mass is 446 g/mol. The molecule has 30 heavy (non-hydrogen) atoms. The lowest BCUT2D eigenvalue weighted by atomic mass is 10.2. The molecule has 1 N–H and O–H groups in total. The SMILES string of the molecule is CCOc1cc(C)ccc1OCc1nnc(SCC(=O)Nc2ccccc2Cl)n1C. The van der Waals surface area contributed by atoms with Crippen LogP contribution in [0, 0.1) is 6.92 Å². The molecule has 0 aliphatic carbocycles. The number of rotatable bonds is 9. The second-order valence-electron chi connectivity index (χ2n) is 6.45. The van der Waals surface area contributed by atoms with Crippen LogP contribution in [0.4, 0.5) is 5.69 Å². The molecule has 3 aromatic rings. The summed E-state index contributed by atoms with van der Waals surface area (Å²) in [7, 11) is 1.84. The van der Waals surface area contributed by atoms with Crippen LogP contribution in [-0.2, 0) is 18.4 Å². The Balaban J connectivity index is 1.57. The number of thioether (sulfide) groups is 1. The van der Waals surface area contributed by atoms with E-state index in [-0.39, 0.29) is 18.3 Å². The molecule has 2 aromatic carbocycles. The van der Waals surface area contributed by atoms with Crippen molar-refractivity contribution in [3.05, 3.63) is 58.9 Å². The molecule has 0 saturated heterocycles. The number of hydrogen-bond acceptors (Lipinski definition) is 6. The fraction of sp³-hybridized carbons (Fsp3) is 0.286. The third-order valence-electron chi connectivity index (χ3n) is 4.16. The molecule has 0 bridgehead atoms. The highest BCUT2D eigenvalue weighted by Gasteiger charge is 2.14. The first-order valence-corrected chi connectivity index (χ1v) is 10.8. The minimum atomic E-state index is -0.171. The molecular weight excluding hydrogens is 424 g/mol. The highest BCUT2D eigenvalue weighted by molar-refractivity contribution is 7.99. The minimum Gasteiger partial charge on any atom is -0.490 e. The summed E-state index contributed by atoms with van der Waals surface area (Å²) < 4.78 is 13.3. The van der Waals surface area contributed by atoms with Gasteiger partial charge in [-0.05, 0) is 43.7 Å². The Morgan fingerprint density at radius 1 is 1.17 bits per heavy atom. The average Bonchev–Trinajstić information content (AvgIpc) is 3.07. The van der Waals surface area contributed by atoms with Gasteiger partial charge in [-0.25, -0.2) is 0 Å². The third-order valence-corrected chi connectivity index (χ3v) is 5.51. The summed E-state index contributed by atoms with van der Waals surface area (Å²) >= 11 is 7.36. The summed E-state index contributed by atoms with van der Waals surface area (Å²) in [6, 6.07) is 12.9. The van der Waals surface area contributed by atoms with Crippen LogP contribution < -0.4 is 14.8 Å². The van der Waals surface area contributed by atoms with Crippen molar-refractivity contribution >= 4 is 35.0 Å². The first-order valence-electron chi connectivity index (χ1n) is 9.39. The molecule has 0 aliphatic rings. The van der Waals surface area contributed by atoms with Crippen LogP contribution in [0.25, 0.3) is 0 Å². The summed E-state index contributed by atoms with van der Waals surface area (Å²) in [6.07, 6.45) is 0. The lowest BCUT2D eigenvalue weighted by Gasteiger charge is -2.12. The van der Waals surface area contributed by atoms with E-state index in [1.165, 1.54) is 11.8 Å². The summed E-state index contributed by atoms with van der Waals surface area (Å²) in [5.74, 6) is 2.01. The van der Waals surface area contributed by atoms with Crippen LogP contribution in [-0.4, -0.2) is 33.0 Å². The van der Waals surface area contributed by atoms with Gasteiger partial charge in [0.15, 0.2) is 22.5 Å². The quantitative estimate of drug-likeness (QED) is 0.488. The fourth-order valence-corrected chi connectivity index (χ4v) is 3.53. The van der Waals surface area contributed by atoms with Gasteiger partial charge < -0.3 is 19.4 Å². The molecule has 0 unspecified atom stereocenters. The minimum absolute atomic E-state index is 0.171. The van der Waals surface area contributed by atoms with E-state index in [9.17, 15) is 4.79 Å². The van der Waals surface area contributed by atoms with Gasteiger partial charge in [-0.15, -0.1) is 10.2 Å². The smallest absolute Gasteiger partial charge is 0.234 e. The maximum absolute atomic E-state index is 12.2. The van der Waals surface area contributed by atoms with Gasteiger partial charge in [0.1, 0.15) is 6.61 Å². The number of aryl methyl sites for hydroxylation is 1. The first kappa shape index (κ1) is 22.0. The van der Waals surface area contributed by atoms with Gasteiger partial charge in [-0.3, -0.25) is 4.79 Å². The van der Waals surface area contributed by atoms with E-state index in [2.05, 4.69) is 15.5 Å². The average molecular weight is 447 g/mol. The van der Waals surface area contributed by atoms with Crippen LogP contribution in [0.2, 0.25) is 5.02 Å². The Hall–Kier alpha value is -2.71. The second-order valence-corrected chi connectivity index (χ2v) is 7.80. The molecule has 0 saturated carbocycles. The zero-order valence-electron chi connectivity index (χ0n) is 17.0. The van der Waals surface area contributed by atoms with Gasteiger partial charge in [0.25, 0.3) is 0 Å². The number of ether oxygens (including phenoxy) is 2. The van der Waals surface area contributed by atoms with Crippen LogP contribution in [0.15, 0.2) is 47.6 Å². The van der Waals surface area contributed by atoms with E-state index in [1.54, 1.807) is 12.1 Å². The number of carbonyl (C=O) groups excluding carboxylic acids is 1. The van der Waals surface area contributed by atoms with Gasteiger partial charge >= 0.3 is 0 Å². The molecule has 0 fully saturated rings. The Kier molecular flexibility index (Phi) is 7.59. The molecule has 1 aromatic heterocycles. The molecule has 3 rings (SSSR count). The fourth-order valence-electron chi connectivity index (χ4n) is 2.62. The van der Waals surface area contributed by atoms with Crippen molar-refractivity contribution in [2.24, 2.45) is 7.05 Å². The summed E-state index contributed by atoms with van der Waals surface area (Å²) in [5.41, 5.74) is 1.68. The number of aromatic nitrogens is 3. The highest BCUT2D eigenvalue weighted by Crippen LogP contribution is 2.29. The van der Waals surface area contributed by atoms with Crippen molar-refractivity contribution < 1.29 is 14.3 Å². The van der Waals surface area contributed by atoms with Crippen molar-refractivity contribution in [3.8, 4) is 11.5 Å². The van der Waals surface area contributed by atoms with Crippen LogP contribution in [0.5, 0.6) is 11.5 Å². The van der Waals surface area contributed by atoms with Crippen molar-refractivity contribution in [1.82, 2.24) is 14.8 Å². The molecule has 9 heteroatoms. The van der Waals surface area contributed by atoms with E-state index in [0.29, 0.717) is 39.8 Å². The lowest BCUT2D eigenvalue weighted by Crippen LogP contribution is -2.14. The molecule has 0 spiro atoms. The molecule has 0 aliphatic heterocycles. The number of nitrogens with zero attached hydrogens (tertiary/aromatic N) is 3. The van der Waals surface area contributed by atoms with E-state index in [1.807, 2.05) is 55.8 Å². The van der Waals surface area contributed by atoms with Crippen LogP contribution in [0.1, 0.15) is 18.3 Å². The normalized spacial score (nSPS) is 10.7. The van der Waals surface area contributed by atoms with E-state index in [0.717, 1.165) is 5.56 Å². The number of hydrogen-bond donors (Lipinski definition) is 1. The van der Waals surface area contributed by atoms with E-state index in [4.69, 9.17) is 21.1 Å². The van der Waals surface area contributed by atoms with Gasteiger partial charge in [0.2, 0.25) is 5.91 Å². The Labute approximate surface area is 184 Å². The van der Waals surface area contributed by atoms with Gasteiger partial charge in [-0.1, -0.05) is 41.6 Å². The molecule has 1 amide bonds. The number of anilines is 1. The zero-order valence-corrected chi connectivity index (χ0v) is 18.6. The number of halogens is 1. The summed E-state index contributed by atoms with van der Waals surface area (Å²) in [4.78, 5) is 12.2. The molecule has 0 atom stereocenters. The number of nitrogens with one attached hydrogen (secondary N) is 1. The predicted molar refractivity (Wildman–Crippen MR) is 118 cm³/mol. The first-order chi connectivity index (χ1) is 14.5. The molecule has 7 nitrogen and oxygen atoms in total. The zero-order chi connectivity index (χ0) is 21.5. The van der Waals surface area contributed by atoms with Crippen molar-refractivity contribution in [1.29, 1.82) is 0 Å². The number of carbonyl (C=O) groups is 1. The Bertz CT molecular complexity index is 1030. The van der Waals surface area contributed by atoms with Gasteiger partial charge in [-0.2, -0.15) is 0 Å². The van der Waals surface area contributed by atoms with Crippen molar-refractivity contribution in [2.45, 2.75) is 25.6 Å². The maximum atomic E-state index is 12.2. The summed E-state index contributed by atoms with van der Waals surface area (Å²) in [5, 5.41) is 12.2. The largest absolute Gasteiger partial charge is 0.490 e. The maximum Gasteiger partial charge on any atom is 0.234 e. The van der Waals surface area contributed by atoms with Gasteiger partial charge in [0.05, 0.1) is 23.1 Å². The lowest BCUT2D eigenvalue weighted by molar-refractivity contribution is -0.113.